The highest BCUT2D eigenvalue weighted by Gasteiger charge is 2.12. The van der Waals surface area contributed by atoms with E-state index in [0.717, 1.165) is 6.07 Å². The molecule has 4 nitrogen and oxygen atoms in total. The summed E-state index contributed by atoms with van der Waals surface area (Å²) in [7, 11) is -1.65. The molecule has 0 bridgehead atoms. The molecule has 0 fully saturated rings. The summed E-state index contributed by atoms with van der Waals surface area (Å²) in [4.78, 5) is 12.0. The van der Waals surface area contributed by atoms with Gasteiger partial charge in [-0.3, -0.25) is 9.00 Å². The number of hydrogen-bond acceptors (Lipinski definition) is 3. The van der Waals surface area contributed by atoms with Crippen LogP contribution in [0, 0.1) is 5.82 Å². The number of carbonyl (C=O) groups is 1. The number of nitrogen functional groups attached to an aromatic ring is 1. The number of benzene rings is 2. The van der Waals surface area contributed by atoms with Gasteiger partial charge in [0.15, 0.2) is 0 Å². The highest BCUT2D eigenvalue weighted by atomic mass is 35.5. The monoisotopic (exact) mass is 326 g/mol. The van der Waals surface area contributed by atoms with E-state index < -0.39 is 22.5 Å². The molecule has 1 unspecified atom stereocenters. The fourth-order valence-electron chi connectivity index (χ4n) is 1.62. The number of hydrogen-bond donors (Lipinski definition) is 2. The van der Waals surface area contributed by atoms with Crippen molar-refractivity contribution in [1.29, 1.82) is 0 Å². The Morgan fingerprint density at radius 1 is 1.29 bits per heavy atom. The molecule has 0 saturated carbocycles. The molecule has 3 N–H and O–H groups in total. The third-order valence-electron chi connectivity index (χ3n) is 2.61. The highest BCUT2D eigenvalue weighted by Crippen LogP contribution is 2.17. The van der Waals surface area contributed by atoms with E-state index in [2.05, 4.69) is 5.32 Å². The van der Waals surface area contributed by atoms with Crippen LogP contribution in [0.1, 0.15) is 0 Å². The van der Waals surface area contributed by atoms with Crippen LogP contribution < -0.4 is 11.1 Å². The minimum atomic E-state index is -1.65. The Morgan fingerprint density at radius 3 is 2.71 bits per heavy atom. The fourth-order valence-corrected chi connectivity index (χ4v) is 2.74. The number of nitrogens with one attached hydrogen (secondary N) is 1. The predicted molar refractivity (Wildman–Crippen MR) is 82.2 cm³/mol. The molecule has 0 aliphatic heterocycles. The van der Waals surface area contributed by atoms with Crippen molar-refractivity contribution < 1.29 is 13.4 Å². The summed E-state index contributed by atoms with van der Waals surface area (Å²) in [5.74, 6) is -1.39. The zero-order chi connectivity index (χ0) is 15.4. The van der Waals surface area contributed by atoms with Crippen molar-refractivity contribution in [3.05, 3.63) is 53.3 Å². The van der Waals surface area contributed by atoms with Crippen LogP contribution in [0.25, 0.3) is 0 Å². The van der Waals surface area contributed by atoms with Crippen LogP contribution >= 0.6 is 11.6 Å². The van der Waals surface area contributed by atoms with E-state index in [4.69, 9.17) is 17.3 Å². The molecule has 7 heteroatoms. The molecule has 1 atom stereocenters. The van der Waals surface area contributed by atoms with Crippen LogP contribution in [0.15, 0.2) is 47.4 Å². The summed E-state index contributed by atoms with van der Waals surface area (Å²) in [6, 6.07) is 10.4. The predicted octanol–water partition coefficient (Wildman–Crippen LogP) is 2.81. The van der Waals surface area contributed by atoms with Gasteiger partial charge < -0.3 is 11.1 Å². The first kappa shape index (κ1) is 15.5. The molecular weight excluding hydrogens is 315 g/mol. The number of nitrogens with two attached hydrogens (primary N) is 1. The second-order valence-electron chi connectivity index (χ2n) is 4.23. The van der Waals surface area contributed by atoms with Gasteiger partial charge in [0, 0.05) is 15.6 Å². The first-order valence-electron chi connectivity index (χ1n) is 5.94. The van der Waals surface area contributed by atoms with Gasteiger partial charge in [-0.1, -0.05) is 17.7 Å². The van der Waals surface area contributed by atoms with Crippen LogP contribution in [0.4, 0.5) is 15.8 Å². The van der Waals surface area contributed by atoms with Gasteiger partial charge in [-0.25, -0.2) is 4.39 Å². The average molecular weight is 327 g/mol. The zero-order valence-corrected chi connectivity index (χ0v) is 12.4. The van der Waals surface area contributed by atoms with Gasteiger partial charge in [-0.05, 0) is 36.4 Å². The Labute approximate surface area is 128 Å². The lowest BCUT2D eigenvalue weighted by Crippen LogP contribution is -2.19. The molecule has 1 amide bonds. The first-order valence-corrected chi connectivity index (χ1v) is 7.64. The lowest BCUT2D eigenvalue weighted by atomic mass is 10.3. The lowest BCUT2D eigenvalue weighted by Gasteiger charge is -2.06. The van der Waals surface area contributed by atoms with Crippen LogP contribution in [0.2, 0.25) is 5.02 Å². The second-order valence-corrected chi connectivity index (χ2v) is 6.12. The average Bonchev–Trinajstić information content (AvgIpc) is 2.41. The van der Waals surface area contributed by atoms with Crippen LogP contribution in [0.5, 0.6) is 0 Å². The molecule has 0 aliphatic carbocycles. The standard InChI is InChI=1S/C14H12ClFN2O2S/c15-9-2-1-3-10(6-9)18-14(19)8-21(20)11-4-5-13(17)12(16)7-11/h1-7H,8,17H2,(H,18,19). The zero-order valence-electron chi connectivity index (χ0n) is 10.8. The molecule has 2 aromatic carbocycles. The molecular formula is C14H12ClFN2O2S. The van der Waals surface area contributed by atoms with E-state index in [9.17, 15) is 13.4 Å². The van der Waals surface area contributed by atoms with Crippen LogP contribution in [0.3, 0.4) is 0 Å². The number of rotatable bonds is 4. The second kappa shape index (κ2) is 6.69. The van der Waals surface area contributed by atoms with Gasteiger partial charge in [0.2, 0.25) is 5.91 Å². The minimum absolute atomic E-state index is 0.0286. The van der Waals surface area contributed by atoms with Crippen molar-refractivity contribution in [3.63, 3.8) is 0 Å². The van der Waals surface area contributed by atoms with E-state index in [0.29, 0.717) is 10.7 Å². The molecule has 21 heavy (non-hydrogen) atoms. The number of anilines is 2. The van der Waals surface area contributed by atoms with E-state index in [1.807, 2.05) is 0 Å². The Balaban J connectivity index is 2.02. The molecule has 0 saturated heterocycles. The SMILES string of the molecule is Nc1ccc(S(=O)CC(=O)Nc2cccc(Cl)c2)cc1F. The Morgan fingerprint density at radius 2 is 2.05 bits per heavy atom. The molecule has 0 heterocycles. The van der Waals surface area contributed by atoms with Crippen molar-refractivity contribution in [2.45, 2.75) is 4.90 Å². The van der Waals surface area contributed by atoms with E-state index in [1.165, 1.54) is 12.1 Å². The van der Waals surface area contributed by atoms with Crippen molar-refractivity contribution in [2.24, 2.45) is 0 Å². The third-order valence-corrected chi connectivity index (χ3v) is 4.14. The molecule has 0 radical (unpaired) electrons. The third kappa shape index (κ3) is 4.27. The quantitative estimate of drug-likeness (QED) is 0.849. The first-order chi connectivity index (χ1) is 9.95. The van der Waals surface area contributed by atoms with Crippen LogP contribution in [-0.2, 0) is 15.6 Å². The Bertz CT molecular complexity index is 709. The summed E-state index contributed by atoms with van der Waals surface area (Å²) in [6.07, 6.45) is 0. The van der Waals surface area contributed by atoms with Crippen molar-refractivity contribution >= 4 is 39.7 Å². The van der Waals surface area contributed by atoms with E-state index in [1.54, 1.807) is 24.3 Å². The lowest BCUT2D eigenvalue weighted by molar-refractivity contribution is -0.113. The molecule has 0 spiro atoms. The Kier molecular flexibility index (Phi) is 4.93. The Hall–Kier alpha value is -1.92. The summed E-state index contributed by atoms with van der Waals surface area (Å²) in [6.45, 7) is 0. The number of halogens is 2. The van der Waals surface area contributed by atoms with E-state index in [-0.39, 0.29) is 16.3 Å². The molecule has 2 rings (SSSR count). The summed E-state index contributed by atoms with van der Waals surface area (Å²) < 4.78 is 25.3. The van der Waals surface area contributed by atoms with E-state index >= 15 is 0 Å². The van der Waals surface area contributed by atoms with Crippen molar-refractivity contribution in [1.82, 2.24) is 0 Å². The maximum Gasteiger partial charge on any atom is 0.237 e. The highest BCUT2D eigenvalue weighted by molar-refractivity contribution is 7.85. The van der Waals surface area contributed by atoms with Crippen molar-refractivity contribution in [2.75, 3.05) is 16.8 Å². The summed E-state index contributed by atoms with van der Waals surface area (Å²) in [5, 5.41) is 3.06. The molecule has 2 aromatic rings. The molecule has 110 valence electrons. The topological polar surface area (TPSA) is 72.2 Å². The number of carbonyl (C=O) groups excluding carboxylic acids is 1. The minimum Gasteiger partial charge on any atom is -0.396 e. The van der Waals surface area contributed by atoms with Gasteiger partial charge in [0.25, 0.3) is 0 Å². The van der Waals surface area contributed by atoms with Gasteiger partial charge in [-0.2, -0.15) is 0 Å². The molecule has 0 aliphatic rings. The summed E-state index contributed by atoms with van der Waals surface area (Å²) >= 11 is 5.80. The van der Waals surface area contributed by atoms with Crippen LogP contribution in [-0.4, -0.2) is 15.9 Å². The summed E-state index contributed by atoms with van der Waals surface area (Å²) in [5.41, 5.74) is 5.82. The smallest absolute Gasteiger partial charge is 0.237 e. The maximum absolute atomic E-state index is 13.3. The normalized spacial score (nSPS) is 11.9. The largest absolute Gasteiger partial charge is 0.396 e. The van der Waals surface area contributed by atoms with Gasteiger partial charge in [-0.15, -0.1) is 0 Å². The van der Waals surface area contributed by atoms with Gasteiger partial charge >= 0.3 is 0 Å². The van der Waals surface area contributed by atoms with Gasteiger partial charge in [0.05, 0.1) is 16.5 Å². The van der Waals surface area contributed by atoms with Gasteiger partial charge in [0.1, 0.15) is 11.6 Å². The molecule has 0 aromatic heterocycles. The maximum atomic E-state index is 13.3. The number of amides is 1. The fraction of sp³-hybridized carbons (Fsp3) is 0.0714. The van der Waals surface area contributed by atoms with Crippen molar-refractivity contribution in [3.8, 4) is 0 Å².